The van der Waals surface area contributed by atoms with Crippen molar-refractivity contribution in [2.75, 3.05) is 0 Å². The van der Waals surface area contributed by atoms with Crippen molar-refractivity contribution in [2.24, 2.45) is 0 Å². The minimum absolute atomic E-state index is 0.414. The smallest absolute Gasteiger partial charge is 0.343 e. The van der Waals surface area contributed by atoms with Crippen molar-refractivity contribution in [3.63, 3.8) is 0 Å². The van der Waals surface area contributed by atoms with E-state index >= 15 is 0 Å². The fourth-order valence-corrected chi connectivity index (χ4v) is 2.90. The van der Waals surface area contributed by atoms with Crippen LogP contribution >= 0.6 is 0 Å². The molecule has 4 aromatic carbocycles. The maximum atomic E-state index is 12.3. The lowest BCUT2D eigenvalue weighted by atomic mass is 10.0. The molecular weight excluding hydrogens is 310 g/mol. The Morgan fingerprint density at radius 2 is 1.52 bits per heavy atom. The highest BCUT2D eigenvalue weighted by molar-refractivity contribution is 6.07. The number of ether oxygens (including phenoxy) is 1. The van der Waals surface area contributed by atoms with E-state index in [4.69, 9.17) is 10.00 Å². The van der Waals surface area contributed by atoms with Crippen LogP contribution in [0.25, 0.3) is 21.5 Å². The molecule has 0 N–H and O–H groups in total. The number of esters is 1. The minimum Gasteiger partial charge on any atom is -0.423 e. The highest BCUT2D eigenvalue weighted by Gasteiger charge is 2.09. The Balaban J connectivity index is 1.66. The zero-order valence-corrected chi connectivity index (χ0v) is 13.3. The molecule has 0 saturated heterocycles. The second kappa shape index (κ2) is 6.10. The first-order valence-corrected chi connectivity index (χ1v) is 7.88. The van der Waals surface area contributed by atoms with E-state index in [1.807, 2.05) is 36.4 Å². The monoisotopic (exact) mass is 323 g/mol. The predicted octanol–water partition coefficient (Wildman–Crippen LogP) is 5.08. The first-order chi connectivity index (χ1) is 12.2. The van der Waals surface area contributed by atoms with Crippen molar-refractivity contribution in [2.45, 2.75) is 0 Å². The van der Waals surface area contributed by atoms with Crippen molar-refractivity contribution in [3.8, 4) is 11.8 Å². The fraction of sp³-hybridized carbons (Fsp3) is 0. The molecule has 25 heavy (non-hydrogen) atoms. The van der Waals surface area contributed by atoms with Crippen LogP contribution in [0, 0.1) is 11.3 Å². The summed E-state index contributed by atoms with van der Waals surface area (Å²) in [6.07, 6.45) is 0. The Morgan fingerprint density at radius 3 is 2.32 bits per heavy atom. The lowest BCUT2D eigenvalue weighted by Gasteiger charge is -2.08. The standard InChI is InChI=1S/C22H13NO2/c23-14-15-5-7-17(8-6-15)22(24)25-19-11-12-21-18(13-19)10-9-16-3-1-2-4-20(16)21/h1-13H. The van der Waals surface area contributed by atoms with Gasteiger partial charge in [-0.3, -0.25) is 0 Å². The van der Waals surface area contributed by atoms with Gasteiger partial charge in [0.05, 0.1) is 17.2 Å². The molecule has 0 fully saturated rings. The summed E-state index contributed by atoms with van der Waals surface area (Å²) in [4.78, 5) is 12.3. The van der Waals surface area contributed by atoms with Crippen LogP contribution in [-0.4, -0.2) is 5.97 Å². The van der Waals surface area contributed by atoms with Crippen molar-refractivity contribution in [1.29, 1.82) is 5.26 Å². The normalized spacial score (nSPS) is 10.5. The number of carbonyl (C=O) groups is 1. The van der Waals surface area contributed by atoms with E-state index < -0.39 is 5.97 Å². The van der Waals surface area contributed by atoms with Crippen molar-refractivity contribution in [1.82, 2.24) is 0 Å². The first-order valence-electron chi connectivity index (χ1n) is 7.88. The predicted molar refractivity (Wildman–Crippen MR) is 97.6 cm³/mol. The van der Waals surface area contributed by atoms with Gasteiger partial charge in [-0.25, -0.2) is 4.79 Å². The van der Waals surface area contributed by atoms with Crippen LogP contribution in [-0.2, 0) is 0 Å². The topological polar surface area (TPSA) is 50.1 Å². The zero-order valence-electron chi connectivity index (χ0n) is 13.3. The molecule has 0 aliphatic heterocycles. The third-order valence-electron chi connectivity index (χ3n) is 4.18. The highest BCUT2D eigenvalue weighted by atomic mass is 16.5. The second-order valence-electron chi connectivity index (χ2n) is 5.75. The molecule has 0 radical (unpaired) electrons. The van der Waals surface area contributed by atoms with E-state index in [0.717, 1.165) is 10.8 Å². The van der Waals surface area contributed by atoms with Crippen LogP contribution < -0.4 is 4.74 Å². The molecule has 4 rings (SSSR count). The molecule has 3 nitrogen and oxygen atoms in total. The molecule has 0 bridgehead atoms. The van der Waals surface area contributed by atoms with Crippen LogP contribution in [0.5, 0.6) is 5.75 Å². The molecule has 0 aromatic heterocycles. The molecule has 4 aromatic rings. The quantitative estimate of drug-likeness (QED) is 0.293. The SMILES string of the molecule is N#Cc1ccc(C(=O)Oc2ccc3c(ccc4ccccc43)c2)cc1. The number of hydrogen-bond donors (Lipinski definition) is 0. The summed E-state index contributed by atoms with van der Waals surface area (Å²) in [6, 6.07) is 26.3. The lowest BCUT2D eigenvalue weighted by molar-refractivity contribution is 0.0735. The van der Waals surface area contributed by atoms with Crippen LogP contribution in [0.1, 0.15) is 15.9 Å². The van der Waals surface area contributed by atoms with Crippen LogP contribution in [0.2, 0.25) is 0 Å². The maximum absolute atomic E-state index is 12.3. The number of nitrogens with zero attached hydrogens (tertiary/aromatic N) is 1. The van der Waals surface area contributed by atoms with E-state index in [1.54, 1.807) is 30.3 Å². The number of carbonyl (C=O) groups excluding carboxylic acids is 1. The number of fused-ring (bicyclic) bond motifs is 3. The van der Waals surface area contributed by atoms with Crippen molar-refractivity contribution < 1.29 is 9.53 Å². The third-order valence-corrected chi connectivity index (χ3v) is 4.18. The van der Waals surface area contributed by atoms with Gasteiger partial charge in [0.15, 0.2) is 0 Å². The molecular formula is C22H13NO2. The molecule has 3 heteroatoms. The molecule has 0 spiro atoms. The first kappa shape index (κ1) is 14.9. The van der Waals surface area contributed by atoms with E-state index in [-0.39, 0.29) is 0 Å². The molecule has 118 valence electrons. The Labute approximate surface area is 144 Å². The van der Waals surface area contributed by atoms with Gasteiger partial charge in [-0.2, -0.15) is 5.26 Å². The number of rotatable bonds is 2. The summed E-state index contributed by atoms with van der Waals surface area (Å²) < 4.78 is 5.47. The zero-order chi connectivity index (χ0) is 17.2. The van der Waals surface area contributed by atoms with Crippen LogP contribution in [0.4, 0.5) is 0 Å². The van der Waals surface area contributed by atoms with Gasteiger partial charge in [-0.1, -0.05) is 42.5 Å². The summed E-state index contributed by atoms with van der Waals surface area (Å²) in [7, 11) is 0. The summed E-state index contributed by atoms with van der Waals surface area (Å²) in [5, 5.41) is 13.3. The molecule has 0 saturated carbocycles. The van der Waals surface area contributed by atoms with Gasteiger partial charge < -0.3 is 4.74 Å². The molecule has 0 aliphatic carbocycles. The third kappa shape index (κ3) is 2.82. The van der Waals surface area contributed by atoms with E-state index in [2.05, 4.69) is 18.2 Å². The Morgan fingerprint density at radius 1 is 0.800 bits per heavy atom. The van der Waals surface area contributed by atoms with Gasteiger partial charge in [0.25, 0.3) is 0 Å². The fourth-order valence-electron chi connectivity index (χ4n) is 2.90. The summed E-state index contributed by atoms with van der Waals surface area (Å²) in [5.74, 6) is 0.0572. The van der Waals surface area contributed by atoms with Gasteiger partial charge in [-0.15, -0.1) is 0 Å². The lowest BCUT2D eigenvalue weighted by Crippen LogP contribution is -2.08. The van der Waals surface area contributed by atoms with Crippen LogP contribution in [0.3, 0.4) is 0 Å². The van der Waals surface area contributed by atoms with Gasteiger partial charge in [0.1, 0.15) is 5.75 Å². The van der Waals surface area contributed by atoms with Crippen molar-refractivity contribution in [3.05, 3.63) is 90.0 Å². The van der Waals surface area contributed by atoms with Gasteiger partial charge in [0.2, 0.25) is 0 Å². The second-order valence-corrected chi connectivity index (χ2v) is 5.75. The average molecular weight is 323 g/mol. The summed E-state index contributed by atoms with van der Waals surface area (Å²) in [5.41, 5.74) is 0.923. The summed E-state index contributed by atoms with van der Waals surface area (Å²) in [6.45, 7) is 0. The summed E-state index contributed by atoms with van der Waals surface area (Å²) >= 11 is 0. The molecule has 0 amide bonds. The molecule has 0 atom stereocenters. The highest BCUT2D eigenvalue weighted by Crippen LogP contribution is 2.28. The molecule has 0 heterocycles. The number of benzene rings is 4. The Hall–Kier alpha value is -3.64. The van der Waals surface area contributed by atoms with E-state index in [1.165, 1.54) is 10.8 Å². The minimum atomic E-state index is -0.440. The molecule has 0 unspecified atom stereocenters. The Kier molecular flexibility index (Phi) is 3.64. The van der Waals surface area contributed by atoms with E-state index in [0.29, 0.717) is 16.9 Å². The van der Waals surface area contributed by atoms with Gasteiger partial charge in [-0.05, 0) is 57.9 Å². The number of hydrogen-bond acceptors (Lipinski definition) is 3. The maximum Gasteiger partial charge on any atom is 0.343 e. The van der Waals surface area contributed by atoms with E-state index in [9.17, 15) is 4.79 Å². The number of nitriles is 1. The molecule has 0 aliphatic rings. The Bertz CT molecular complexity index is 1140. The average Bonchev–Trinajstić information content (AvgIpc) is 2.67. The van der Waals surface area contributed by atoms with Crippen LogP contribution in [0.15, 0.2) is 78.9 Å². The van der Waals surface area contributed by atoms with Crippen molar-refractivity contribution >= 4 is 27.5 Å². The van der Waals surface area contributed by atoms with Gasteiger partial charge >= 0.3 is 5.97 Å². The largest absolute Gasteiger partial charge is 0.423 e. The van der Waals surface area contributed by atoms with Gasteiger partial charge in [0, 0.05) is 0 Å².